The summed E-state index contributed by atoms with van der Waals surface area (Å²) in [5.74, 6) is 1.49. The zero-order chi connectivity index (χ0) is 12.4. The molecule has 17 heavy (non-hydrogen) atoms. The SMILES string of the molecule is CC(C)c1nc(N2CCSCC2)sc1C(=O)O. The molecule has 1 aromatic rings. The van der Waals surface area contributed by atoms with Crippen LogP contribution in [0.1, 0.15) is 35.1 Å². The van der Waals surface area contributed by atoms with Gasteiger partial charge in [-0.05, 0) is 5.92 Å². The third-order valence-electron chi connectivity index (χ3n) is 2.66. The molecule has 0 radical (unpaired) electrons. The Hall–Kier alpha value is -0.750. The van der Waals surface area contributed by atoms with Gasteiger partial charge in [0, 0.05) is 24.6 Å². The van der Waals surface area contributed by atoms with Crippen LogP contribution in [-0.4, -0.2) is 40.7 Å². The molecule has 0 spiro atoms. The molecule has 0 amide bonds. The topological polar surface area (TPSA) is 53.4 Å². The van der Waals surface area contributed by atoms with Gasteiger partial charge in [-0.1, -0.05) is 25.2 Å². The maximum Gasteiger partial charge on any atom is 0.347 e. The Morgan fingerprint density at radius 1 is 1.41 bits per heavy atom. The second kappa shape index (κ2) is 5.27. The summed E-state index contributed by atoms with van der Waals surface area (Å²) in [6.45, 7) is 5.90. The van der Waals surface area contributed by atoms with Crippen molar-refractivity contribution in [2.45, 2.75) is 19.8 Å². The molecule has 0 bridgehead atoms. The lowest BCUT2D eigenvalue weighted by Gasteiger charge is -2.25. The Morgan fingerprint density at radius 3 is 2.53 bits per heavy atom. The first-order chi connectivity index (χ1) is 8.09. The third-order valence-corrected chi connectivity index (χ3v) is 4.73. The molecule has 4 nitrogen and oxygen atoms in total. The molecule has 1 fully saturated rings. The third kappa shape index (κ3) is 2.74. The highest BCUT2D eigenvalue weighted by Gasteiger charge is 2.23. The van der Waals surface area contributed by atoms with Crippen molar-refractivity contribution in [3.63, 3.8) is 0 Å². The van der Waals surface area contributed by atoms with Gasteiger partial charge in [-0.25, -0.2) is 9.78 Å². The van der Waals surface area contributed by atoms with Crippen molar-refractivity contribution < 1.29 is 9.90 Å². The predicted octanol–water partition coefficient (Wildman–Crippen LogP) is 2.52. The number of nitrogens with zero attached hydrogens (tertiary/aromatic N) is 2. The summed E-state index contributed by atoms with van der Waals surface area (Å²) in [4.78, 5) is 18.3. The van der Waals surface area contributed by atoms with E-state index in [1.807, 2.05) is 25.6 Å². The van der Waals surface area contributed by atoms with Gasteiger partial charge in [-0.2, -0.15) is 11.8 Å². The van der Waals surface area contributed by atoms with E-state index < -0.39 is 5.97 Å². The van der Waals surface area contributed by atoms with E-state index in [-0.39, 0.29) is 5.92 Å². The molecule has 0 atom stereocenters. The van der Waals surface area contributed by atoms with Crippen molar-refractivity contribution in [1.82, 2.24) is 4.98 Å². The number of carboxylic acids is 1. The monoisotopic (exact) mass is 272 g/mol. The quantitative estimate of drug-likeness (QED) is 0.916. The fourth-order valence-electron chi connectivity index (χ4n) is 1.75. The standard InChI is InChI=1S/C11H16N2O2S2/c1-7(2)8-9(10(14)15)17-11(12-8)13-3-5-16-6-4-13/h7H,3-6H2,1-2H3,(H,14,15). The summed E-state index contributed by atoms with van der Waals surface area (Å²) in [5.41, 5.74) is 0.718. The Labute approximate surface area is 109 Å². The smallest absolute Gasteiger partial charge is 0.347 e. The van der Waals surface area contributed by atoms with Gasteiger partial charge in [0.05, 0.1) is 5.69 Å². The number of carbonyl (C=O) groups is 1. The molecule has 2 heterocycles. The van der Waals surface area contributed by atoms with E-state index in [0.717, 1.165) is 35.4 Å². The number of hydrogen-bond acceptors (Lipinski definition) is 5. The van der Waals surface area contributed by atoms with Gasteiger partial charge in [0.2, 0.25) is 0 Å². The van der Waals surface area contributed by atoms with E-state index in [2.05, 4.69) is 9.88 Å². The molecule has 0 unspecified atom stereocenters. The van der Waals surface area contributed by atoms with Crippen LogP contribution >= 0.6 is 23.1 Å². The van der Waals surface area contributed by atoms with Gasteiger partial charge in [-0.15, -0.1) is 0 Å². The maximum atomic E-state index is 11.2. The van der Waals surface area contributed by atoms with Crippen LogP contribution in [0.4, 0.5) is 5.13 Å². The summed E-state index contributed by atoms with van der Waals surface area (Å²) < 4.78 is 0. The largest absolute Gasteiger partial charge is 0.477 e. The number of carboxylic acid groups (broad SMARTS) is 1. The first-order valence-corrected chi connectivity index (χ1v) is 7.63. The van der Waals surface area contributed by atoms with Crippen LogP contribution in [0.25, 0.3) is 0 Å². The fourth-order valence-corrected chi connectivity index (χ4v) is 3.77. The van der Waals surface area contributed by atoms with Crippen molar-refractivity contribution in [3.05, 3.63) is 10.6 Å². The minimum Gasteiger partial charge on any atom is -0.477 e. The summed E-state index contributed by atoms with van der Waals surface area (Å²) >= 11 is 3.24. The van der Waals surface area contributed by atoms with Gasteiger partial charge < -0.3 is 10.0 Å². The fraction of sp³-hybridized carbons (Fsp3) is 0.636. The van der Waals surface area contributed by atoms with Crippen LogP contribution in [0.3, 0.4) is 0 Å². The molecule has 1 aliphatic rings. The number of rotatable bonds is 3. The number of thiazole rings is 1. The lowest BCUT2D eigenvalue weighted by molar-refractivity contribution is 0.0700. The molecule has 0 aromatic carbocycles. The number of aromatic carboxylic acids is 1. The number of thioether (sulfide) groups is 1. The zero-order valence-corrected chi connectivity index (χ0v) is 11.6. The molecule has 1 aliphatic heterocycles. The van der Waals surface area contributed by atoms with Crippen molar-refractivity contribution in [2.75, 3.05) is 29.5 Å². The average molecular weight is 272 g/mol. The highest BCUT2D eigenvalue weighted by atomic mass is 32.2. The van der Waals surface area contributed by atoms with Gasteiger partial charge >= 0.3 is 5.97 Å². The van der Waals surface area contributed by atoms with E-state index in [1.165, 1.54) is 11.3 Å². The van der Waals surface area contributed by atoms with Gasteiger partial charge in [0.25, 0.3) is 0 Å². The van der Waals surface area contributed by atoms with E-state index in [0.29, 0.717) is 4.88 Å². The Balaban J connectivity index is 2.29. The maximum absolute atomic E-state index is 11.2. The molecule has 1 aromatic heterocycles. The molecular weight excluding hydrogens is 256 g/mol. The summed E-state index contributed by atoms with van der Waals surface area (Å²) in [6.07, 6.45) is 0. The van der Waals surface area contributed by atoms with E-state index in [1.54, 1.807) is 0 Å². The number of hydrogen-bond donors (Lipinski definition) is 1. The summed E-state index contributed by atoms with van der Waals surface area (Å²) in [5, 5.41) is 10.0. The Bertz CT molecular complexity index is 412. The van der Waals surface area contributed by atoms with Crippen LogP contribution < -0.4 is 4.90 Å². The first-order valence-electron chi connectivity index (χ1n) is 5.66. The minimum absolute atomic E-state index is 0.158. The van der Waals surface area contributed by atoms with Gasteiger partial charge in [-0.3, -0.25) is 0 Å². The number of aromatic nitrogens is 1. The zero-order valence-electron chi connectivity index (χ0n) is 9.97. The average Bonchev–Trinajstić information content (AvgIpc) is 2.75. The van der Waals surface area contributed by atoms with Gasteiger partial charge in [0.15, 0.2) is 5.13 Å². The molecule has 0 aliphatic carbocycles. The van der Waals surface area contributed by atoms with E-state index >= 15 is 0 Å². The highest BCUT2D eigenvalue weighted by Crippen LogP contribution is 2.31. The summed E-state index contributed by atoms with van der Waals surface area (Å²) in [6, 6.07) is 0. The van der Waals surface area contributed by atoms with Crippen molar-refractivity contribution in [2.24, 2.45) is 0 Å². The lowest BCUT2D eigenvalue weighted by Crippen LogP contribution is -2.32. The van der Waals surface area contributed by atoms with Crippen molar-refractivity contribution in [3.8, 4) is 0 Å². The predicted molar refractivity (Wildman–Crippen MR) is 72.7 cm³/mol. The van der Waals surface area contributed by atoms with Crippen LogP contribution in [0, 0.1) is 0 Å². The van der Waals surface area contributed by atoms with Crippen molar-refractivity contribution >= 4 is 34.2 Å². The number of anilines is 1. The van der Waals surface area contributed by atoms with Crippen LogP contribution in [0.2, 0.25) is 0 Å². The highest BCUT2D eigenvalue weighted by molar-refractivity contribution is 7.99. The second-order valence-corrected chi connectivity index (χ2v) is 6.47. The Morgan fingerprint density at radius 2 is 2.06 bits per heavy atom. The second-order valence-electron chi connectivity index (χ2n) is 4.27. The molecule has 0 saturated carbocycles. The lowest BCUT2D eigenvalue weighted by atomic mass is 10.1. The molecule has 2 rings (SSSR count). The summed E-state index contributed by atoms with van der Waals surface area (Å²) in [7, 11) is 0. The molecule has 1 N–H and O–H groups in total. The molecule has 6 heteroatoms. The molecule has 1 saturated heterocycles. The molecule has 94 valence electrons. The van der Waals surface area contributed by atoms with Crippen LogP contribution in [0.15, 0.2) is 0 Å². The van der Waals surface area contributed by atoms with Gasteiger partial charge in [0.1, 0.15) is 4.88 Å². The van der Waals surface area contributed by atoms with E-state index in [4.69, 9.17) is 0 Å². The van der Waals surface area contributed by atoms with Crippen LogP contribution in [-0.2, 0) is 0 Å². The normalized spacial score (nSPS) is 16.5. The first kappa shape index (κ1) is 12.7. The Kier molecular flexibility index (Phi) is 3.93. The van der Waals surface area contributed by atoms with Crippen LogP contribution in [0.5, 0.6) is 0 Å². The van der Waals surface area contributed by atoms with Crippen molar-refractivity contribution in [1.29, 1.82) is 0 Å². The minimum atomic E-state index is -0.858. The molecular formula is C11H16N2O2S2. The van der Waals surface area contributed by atoms with E-state index in [9.17, 15) is 9.90 Å².